The van der Waals surface area contributed by atoms with Crippen molar-refractivity contribution in [3.05, 3.63) is 69.3 Å². The van der Waals surface area contributed by atoms with Crippen molar-refractivity contribution in [2.75, 3.05) is 5.32 Å². The Morgan fingerprint density at radius 2 is 1.82 bits per heavy atom. The highest BCUT2D eigenvalue weighted by Gasteiger charge is 2.20. The molecule has 0 heterocycles. The van der Waals surface area contributed by atoms with Crippen LogP contribution in [0.2, 0.25) is 0 Å². The number of para-hydroxylation sites is 1. The predicted molar refractivity (Wildman–Crippen MR) is 80.7 cm³/mol. The number of hydrogen-bond acceptors (Lipinski definition) is 4. The molecule has 2 amide bonds. The minimum Gasteiger partial charge on any atom is -0.366 e. The van der Waals surface area contributed by atoms with Crippen LogP contribution in [0, 0.1) is 17.0 Å². The van der Waals surface area contributed by atoms with Gasteiger partial charge in [0, 0.05) is 6.07 Å². The Labute approximate surface area is 125 Å². The fourth-order valence-electron chi connectivity index (χ4n) is 1.99. The topological polar surface area (TPSA) is 115 Å². The number of nitro groups is 1. The van der Waals surface area contributed by atoms with E-state index in [0.29, 0.717) is 0 Å². The molecule has 0 spiro atoms. The Kier molecular flexibility index (Phi) is 4.17. The summed E-state index contributed by atoms with van der Waals surface area (Å²) in [7, 11) is 0. The monoisotopic (exact) mass is 299 g/mol. The number of anilines is 1. The van der Waals surface area contributed by atoms with Crippen LogP contribution in [0.25, 0.3) is 0 Å². The SMILES string of the molecule is Cc1ccc(C(N)=O)c(NC(=O)c2ccccc2[N+](=O)[O-])c1. The van der Waals surface area contributed by atoms with Gasteiger partial charge < -0.3 is 11.1 Å². The molecule has 2 rings (SSSR count). The average molecular weight is 299 g/mol. The highest BCUT2D eigenvalue weighted by Crippen LogP contribution is 2.22. The molecule has 0 radical (unpaired) electrons. The fourth-order valence-corrected chi connectivity index (χ4v) is 1.99. The largest absolute Gasteiger partial charge is 0.366 e. The molecule has 0 fully saturated rings. The Bertz CT molecular complexity index is 771. The molecule has 0 bridgehead atoms. The molecule has 112 valence electrons. The van der Waals surface area contributed by atoms with Gasteiger partial charge in [0.1, 0.15) is 5.56 Å². The number of primary amides is 1. The van der Waals surface area contributed by atoms with E-state index >= 15 is 0 Å². The first kappa shape index (κ1) is 15.2. The Morgan fingerprint density at radius 1 is 1.14 bits per heavy atom. The first-order valence-electron chi connectivity index (χ1n) is 6.35. The van der Waals surface area contributed by atoms with Crippen LogP contribution in [0.5, 0.6) is 0 Å². The lowest BCUT2D eigenvalue weighted by Crippen LogP contribution is -2.19. The van der Waals surface area contributed by atoms with Crippen molar-refractivity contribution >= 4 is 23.2 Å². The third-order valence-corrected chi connectivity index (χ3v) is 3.03. The molecule has 0 aliphatic carbocycles. The number of nitrogens with one attached hydrogen (secondary N) is 1. The van der Waals surface area contributed by atoms with Crippen LogP contribution in [0.4, 0.5) is 11.4 Å². The predicted octanol–water partition coefficient (Wildman–Crippen LogP) is 2.25. The van der Waals surface area contributed by atoms with E-state index in [1.54, 1.807) is 19.1 Å². The number of carbonyl (C=O) groups is 2. The lowest BCUT2D eigenvalue weighted by Gasteiger charge is -2.10. The maximum Gasteiger partial charge on any atom is 0.282 e. The third-order valence-electron chi connectivity index (χ3n) is 3.03. The van der Waals surface area contributed by atoms with Gasteiger partial charge in [-0.3, -0.25) is 19.7 Å². The first-order chi connectivity index (χ1) is 10.4. The molecule has 7 nitrogen and oxygen atoms in total. The summed E-state index contributed by atoms with van der Waals surface area (Å²) in [5.41, 5.74) is 6.02. The number of aryl methyl sites for hydroxylation is 1. The molecular weight excluding hydrogens is 286 g/mol. The average Bonchev–Trinajstić information content (AvgIpc) is 2.46. The summed E-state index contributed by atoms with van der Waals surface area (Å²) in [5, 5.41) is 13.5. The van der Waals surface area contributed by atoms with Gasteiger partial charge in [-0.2, -0.15) is 0 Å². The van der Waals surface area contributed by atoms with Gasteiger partial charge >= 0.3 is 0 Å². The van der Waals surface area contributed by atoms with Crippen molar-refractivity contribution < 1.29 is 14.5 Å². The van der Waals surface area contributed by atoms with Crippen molar-refractivity contribution in [3.63, 3.8) is 0 Å². The number of nitrogens with zero attached hydrogens (tertiary/aromatic N) is 1. The van der Waals surface area contributed by atoms with Crippen LogP contribution in [-0.4, -0.2) is 16.7 Å². The second-order valence-corrected chi connectivity index (χ2v) is 4.64. The van der Waals surface area contributed by atoms with E-state index in [1.165, 1.54) is 30.3 Å². The number of rotatable bonds is 4. The maximum atomic E-state index is 12.3. The lowest BCUT2D eigenvalue weighted by molar-refractivity contribution is -0.385. The van der Waals surface area contributed by atoms with E-state index in [0.717, 1.165) is 5.56 Å². The molecular formula is C15H13N3O4. The number of carbonyl (C=O) groups excluding carboxylic acids is 2. The minimum atomic E-state index is -0.696. The molecule has 0 saturated carbocycles. The molecule has 3 N–H and O–H groups in total. The van der Waals surface area contributed by atoms with Crippen LogP contribution in [0.3, 0.4) is 0 Å². The van der Waals surface area contributed by atoms with E-state index in [4.69, 9.17) is 5.73 Å². The van der Waals surface area contributed by atoms with Gasteiger partial charge in [0.05, 0.1) is 16.2 Å². The molecule has 2 aromatic carbocycles. The van der Waals surface area contributed by atoms with Gasteiger partial charge in [-0.1, -0.05) is 18.2 Å². The van der Waals surface area contributed by atoms with Gasteiger partial charge in [0.15, 0.2) is 0 Å². The lowest BCUT2D eigenvalue weighted by atomic mass is 10.1. The molecule has 0 aromatic heterocycles. The van der Waals surface area contributed by atoms with Crippen molar-refractivity contribution in [2.45, 2.75) is 6.92 Å². The zero-order valence-electron chi connectivity index (χ0n) is 11.7. The van der Waals surface area contributed by atoms with Crippen molar-refractivity contribution in [2.24, 2.45) is 5.73 Å². The molecule has 22 heavy (non-hydrogen) atoms. The fraction of sp³-hybridized carbons (Fsp3) is 0.0667. The van der Waals surface area contributed by atoms with Crippen molar-refractivity contribution in [1.82, 2.24) is 0 Å². The van der Waals surface area contributed by atoms with Gasteiger partial charge in [0.25, 0.3) is 17.5 Å². The molecule has 0 saturated heterocycles. The maximum absolute atomic E-state index is 12.3. The molecule has 0 aliphatic rings. The van der Waals surface area contributed by atoms with Crippen LogP contribution < -0.4 is 11.1 Å². The van der Waals surface area contributed by atoms with Gasteiger partial charge in [-0.25, -0.2) is 0 Å². The molecule has 0 unspecified atom stereocenters. The summed E-state index contributed by atoms with van der Waals surface area (Å²) < 4.78 is 0. The Balaban J connectivity index is 2.40. The van der Waals surface area contributed by atoms with E-state index < -0.39 is 16.7 Å². The number of nitrogens with two attached hydrogens (primary N) is 1. The number of hydrogen-bond donors (Lipinski definition) is 2. The van der Waals surface area contributed by atoms with Crippen LogP contribution >= 0.6 is 0 Å². The number of amides is 2. The standard InChI is InChI=1S/C15H13N3O4/c1-9-6-7-10(14(16)19)12(8-9)17-15(20)11-4-2-3-5-13(11)18(21)22/h2-8H,1H3,(H2,16,19)(H,17,20). The summed E-state index contributed by atoms with van der Waals surface area (Å²) in [6.07, 6.45) is 0. The smallest absolute Gasteiger partial charge is 0.282 e. The quantitative estimate of drug-likeness (QED) is 0.665. The van der Waals surface area contributed by atoms with Gasteiger partial charge in [-0.05, 0) is 30.7 Å². The van der Waals surface area contributed by atoms with Gasteiger partial charge in [0.2, 0.25) is 0 Å². The number of benzene rings is 2. The summed E-state index contributed by atoms with van der Waals surface area (Å²) in [6, 6.07) is 10.3. The highest BCUT2D eigenvalue weighted by molar-refractivity contribution is 6.10. The third kappa shape index (κ3) is 3.09. The summed E-state index contributed by atoms with van der Waals surface area (Å²) in [5.74, 6) is -1.38. The first-order valence-corrected chi connectivity index (χ1v) is 6.35. The molecule has 7 heteroatoms. The Hall–Kier alpha value is -3.22. The summed E-state index contributed by atoms with van der Waals surface area (Å²) in [4.78, 5) is 34.0. The van der Waals surface area contributed by atoms with E-state index in [2.05, 4.69) is 5.32 Å². The second-order valence-electron chi connectivity index (χ2n) is 4.64. The van der Waals surface area contributed by atoms with E-state index in [9.17, 15) is 19.7 Å². The molecule has 0 aliphatic heterocycles. The van der Waals surface area contributed by atoms with Gasteiger partial charge in [-0.15, -0.1) is 0 Å². The van der Waals surface area contributed by atoms with Crippen LogP contribution in [-0.2, 0) is 0 Å². The van der Waals surface area contributed by atoms with Crippen LogP contribution in [0.1, 0.15) is 26.3 Å². The van der Waals surface area contributed by atoms with Crippen molar-refractivity contribution in [1.29, 1.82) is 0 Å². The number of nitro benzene ring substituents is 1. The highest BCUT2D eigenvalue weighted by atomic mass is 16.6. The molecule has 2 aromatic rings. The van der Waals surface area contributed by atoms with Crippen molar-refractivity contribution in [3.8, 4) is 0 Å². The zero-order chi connectivity index (χ0) is 16.3. The molecule has 0 atom stereocenters. The Morgan fingerprint density at radius 3 is 2.45 bits per heavy atom. The second kappa shape index (κ2) is 6.04. The summed E-state index contributed by atoms with van der Waals surface area (Å²) in [6.45, 7) is 1.78. The minimum absolute atomic E-state index is 0.0931. The zero-order valence-corrected chi connectivity index (χ0v) is 11.7. The normalized spacial score (nSPS) is 10.0. The van der Waals surface area contributed by atoms with Crippen LogP contribution in [0.15, 0.2) is 42.5 Å². The summed E-state index contributed by atoms with van der Waals surface area (Å²) >= 11 is 0. The van der Waals surface area contributed by atoms with E-state index in [-0.39, 0.29) is 22.5 Å². The van der Waals surface area contributed by atoms with E-state index in [1.807, 2.05) is 0 Å².